The molecule has 0 amide bonds. The lowest BCUT2D eigenvalue weighted by Gasteiger charge is -2.23. The van der Waals surface area contributed by atoms with Gasteiger partial charge in [-0.05, 0) is 25.3 Å². The minimum absolute atomic E-state index is 0.0587. The van der Waals surface area contributed by atoms with Gasteiger partial charge in [0.1, 0.15) is 6.04 Å². The molecule has 1 aromatic heterocycles. The van der Waals surface area contributed by atoms with Gasteiger partial charge < -0.3 is 9.42 Å². The standard InChI is InChI=1S/C14H17ClN4OS/c1-9(19(3)14(16-2)21-4)13-17-12(18-20-13)10-6-5-7-11(15)8-10/h5-9H,1-4H3. The normalized spacial score (nSPS) is 13.3. The Morgan fingerprint density at radius 3 is 2.86 bits per heavy atom. The molecule has 1 heterocycles. The summed E-state index contributed by atoms with van der Waals surface area (Å²) in [4.78, 5) is 10.7. The van der Waals surface area contributed by atoms with E-state index in [0.717, 1.165) is 10.7 Å². The Morgan fingerprint density at radius 1 is 1.48 bits per heavy atom. The van der Waals surface area contributed by atoms with Crippen molar-refractivity contribution in [3.63, 3.8) is 0 Å². The van der Waals surface area contributed by atoms with E-state index in [0.29, 0.717) is 16.7 Å². The third-order valence-electron chi connectivity index (χ3n) is 3.14. The number of halogens is 1. The molecule has 0 saturated heterocycles. The van der Waals surface area contributed by atoms with Crippen LogP contribution in [0.2, 0.25) is 5.02 Å². The molecule has 0 saturated carbocycles. The van der Waals surface area contributed by atoms with E-state index in [2.05, 4.69) is 15.1 Å². The number of rotatable bonds is 3. The largest absolute Gasteiger partial charge is 0.343 e. The molecule has 7 heteroatoms. The Bertz CT molecular complexity index is 643. The molecule has 112 valence electrons. The smallest absolute Gasteiger partial charge is 0.249 e. The number of aromatic nitrogens is 2. The number of nitrogens with zero attached hydrogens (tertiary/aromatic N) is 4. The first-order valence-electron chi connectivity index (χ1n) is 6.40. The average Bonchev–Trinajstić information content (AvgIpc) is 2.97. The van der Waals surface area contributed by atoms with E-state index in [9.17, 15) is 0 Å². The highest BCUT2D eigenvalue weighted by atomic mass is 35.5. The highest BCUT2D eigenvalue weighted by molar-refractivity contribution is 8.13. The fourth-order valence-electron chi connectivity index (χ4n) is 1.87. The van der Waals surface area contributed by atoms with E-state index in [1.54, 1.807) is 18.8 Å². The van der Waals surface area contributed by atoms with E-state index in [1.807, 2.05) is 49.4 Å². The van der Waals surface area contributed by atoms with Crippen molar-refractivity contribution in [1.29, 1.82) is 0 Å². The minimum Gasteiger partial charge on any atom is -0.343 e. The molecule has 1 unspecified atom stereocenters. The maximum absolute atomic E-state index is 5.98. The van der Waals surface area contributed by atoms with E-state index in [-0.39, 0.29) is 6.04 Å². The lowest BCUT2D eigenvalue weighted by Crippen LogP contribution is -2.27. The summed E-state index contributed by atoms with van der Waals surface area (Å²) >= 11 is 7.56. The average molecular weight is 325 g/mol. The first-order valence-corrected chi connectivity index (χ1v) is 8.00. The molecule has 1 aromatic carbocycles. The van der Waals surface area contributed by atoms with Crippen molar-refractivity contribution >= 4 is 28.5 Å². The van der Waals surface area contributed by atoms with Crippen LogP contribution in [0.1, 0.15) is 18.9 Å². The van der Waals surface area contributed by atoms with Crippen LogP contribution in [0.5, 0.6) is 0 Å². The SMILES string of the molecule is CN=C(SC)N(C)C(C)c1nc(-c2cccc(Cl)c2)no1. The van der Waals surface area contributed by atoms with Crippen molar-refractivity contribution in [3.8, 4) is 11.4 Å². The molecule has 0 aliphatic rings. The number of thioether (sulfide) groups is 1. The monoisotopic (exact) mass is 324 g/mol. The Balaban J connectivity index is 2.23. The van der Waals surface area contributed by atoms with Crippen molar-refractivity contribution in [1.82, 2.24) is 15.0 Å². The molecule has 21 heavy (non-hydrogen) atoms. The molecule has 0 N–H and O–H groups in total. The van der Waals surface area contributed by atoms with E-state index >= 15 is 0 Å². The zero-order chi connectivity index (χ0) is 15.4. The van der Waals surface area contributed by atoms with Crippen molar-refractivity contribution in [2.75, 3.05) is 20.4 Å². The van der Waals surface area contributed by atoms with Crippen LogP contribution in [0.25, 0.3) is 11.4 Å². The first-order chi connectivity index (χ1) is 10.1. The lowest BCUT2D eigenvalue weighted by molar-refractivity contribution is 0.288. The molecular formula is C14H17ClN4OS. The summed E-state index contributed by atoms with van der Waals surface area (Å²) < 4.78 is 5.37. The zero-order valence-corrected chi connectivity index (χ0v) is 13.9. The second kappa shape index (κ2) is 6.95. The van der Waals surface area contributed by atoms with Crippen molar-refractivity contribution in [2.24, 2.45) is 4.99 Å². The Hall–Kier alpha value is -1.53. The number of amidine groups is 1. The fourth-order valence-corrected chi connectivity index (χ4v) is 2.69. The van der Waals surface area contributed by atoms with Crippen LogP contribution in [-0.2, 0) is 0 Å². The summed E-state index contributed by atoms with van der Waals surface area (Å²) in [6, 6.07) is 7.32. The van der Waals surface area contributed by atoms with Crippen molar-refractivity contribution in [3.05, 3.63) is 35.2 Å². The van der Waals surface area contributed by atoms with Gasteiger partial charge in [-0.3, -0.25) is 4.99 Å². The van der Waals surface area contributed by atoms with Gasteiger partial charge in [-0.15, -0.1) is 0 Å². The van der Waals surface area contributed by atoms with Gasteiger partial charge in [0.2, 0.25) is 11.7 Å². The van der Waals surface area contributed by atoms with Crippen LogP contribution in [0.4, 0.5) is 0 Å². The molecule has 0 spiro atoms. The predicted molar refractivity (Wildman–Crippen MR) is 87.8 cm³/mol. The maximum atomic E-state index is 5.98. The molecule has 1 atom stereocenters. The second-order valence-electron chi connectivity index (χ2n) is 4.46. The summed E-state index contributed by atoms with van der Waals surface area (Å²) in [5.74, 6) is 1.08. The van der Waals surface area contributed by atoms with Crippen LogP contribution in [-0.4, -0.2) is 40.6 Å². The molecular weight excluding hydrogens is 308 g/mol. The number of aliphatic imine (C=N–C) groups is 1. The molecule has 2 rings (SSSR count). The summed E-state index contributed by atoms with van der Waals surface area (Å²) in [5.41, 5.74) is 0.835. The summed E-state index contributed by atoms with van der Waals surface area (Å²) in [6.07, 6.45) is 1.98. The van der Waals surface area contributed by atoms with Gasteiger partial charge in [0.05, 0.1) is 0 Å². The maximum Gasteiger partial charge on any atom is 0.249 e. The van der Waals surface area contributed by atoms with Gasteiger partial charge in [-0.2, -0.15) is 4.98 Å². The molecule has 0 aliphatic heterocycles. The van der Waals surface area contributed by atoms with Crippen LogP contribution in [0.15, 0.2) is 33.8 Å². The van der Waals surface area contributed by atoms with Crippen LogP contribution in [0, 0.1) is 0 Å². The summed E-state index contributed by atoms with van der Waals surface area (Å²) in [7, 11) is 3.72. The van der Waals surface area contributed by atoms with Crippen molar-refractivity contribution in [2.45, 2.75) is 13.0 Å². The van der Waals surface area contributed by atoms with Gasteiger partial charge in [0.15, 0.2) is 5.17 Å². The molecule has 0 bridgehead atoms. The van der Waals surface area contributed by atoms with Gasteiger partial charge in [0, 0.05) is 24.7 Å². The number of hydrogen-bond acceptors (Lipinski definition) is 5. The van der Waals surface area contributed by atoms with Crippen LogP contribution >= 0.6 is 23.4 Å². The number of hydrogen-bond donors (Lipinski definition) is 0. The minimum atomic E-state index is -0.0587. The van der Waals surface area contributed by atoms with Gasteiger partial charge in [0.25, 0.3) is 0 Å². The van der Waals surface area contributed by atoms with Crippen LogP contribution in [0.3, 0.4) is 0 Å². The molecule has 0 radical (unpaired) electrons. The highest BCUT2D eigenvalue weighted by Crippen LogP contribution is 2.24. The number of benzene rings is 1. The topological polar surface area (TPSA) is 54.5 Å². The van der Waals surface area contributed by atoms with Gasteiger partial charge >= 0.3 is 0 Å². The van der Waals surface area contributed by atoms with E-state index in [4.69, 9.17) is 16.1 Å². The van der Waals surface area contributed by atoms with Crippen LogP contribution < -0.4 is 0 Å². The third kappa shape index (κ3) is 3.57. The van der Waals surface area contributed by atoms with Gasteiger partial charge in [-0.1, -0.05) is 40.7 Å². The Morgan fingerprint density at radius 2 is 2.24 bits per heavy atom. The predicted octanol–water partition coefficient (Wildman–Crippen LogP) is 3.73. The van der Waals surface area contributed by atoms with Gasteiger partial charge in [-0.25, -0.2) is 0 Å². The van der Waals surface area contributed by atoms with E-state index < -0.39 is 0 Å². The Labute approximate surface area is 133 Å². The third-order valence-corrected chi connectivity index (χ3v) is 4.21. The zero-order valence-electron chi connectivity index (χ0n) is 12.4. The molecule has 0 fully saturated rings. The lowest BCUT2D eigenvalue weighted by atomic mass is 10.2. The fraction of sp³-hybridized carbons (Fsp3) is 0.357. The highest BCUT2D eigenvalue weighted by Gasteiger charge is 2.21. The molecule has 5 nitrogen and oxygen atoms in total. The van der Waals surface area contributed by atoms with Crippen molar-refractivity contribution < 1.29 is 4.52 Å². The Kier molecular flexibility index (Phi) is 5.25. The summed E-state index contributed by atoms with van der Waals surface area (Å²) in [6.45, 7) is 2.00. The van der Waals surface area contributed by atoms with E-state index in [1.165, 1.54) is 0 Å². The second-order valence-corrected chi connectivity index (χ2v) is 5.67. The molecule has 2 aromatic rings. The summed E-state index contributed by atoms with van der Waals surface area (Å²) in [5, 5.41) is 5.58. The first kappa shape index (κ1) is 15.9. The quantitative estimate of drug-likeness (QED) is 0.636. The molecule has 0 aliphatic carbocycles.